The summed E-state index contributed by atoms with van der Waals surface area (Å²) in [5.74, 6) is -2.03. The van der Waals surface area contributed by atoms with Gasteiger partial charge in [0, 0.05) is 0 Å². The van der Waals surface area contributed by atoms with Crippen molar-refractivity contribution in [3.8, 4) is 6.07 Å². The Morgan fingerprint density at radius 3 is 2.24 bits per heavy atom. The molecule has 1 atom stereocenters. The van der Waals surface area contributed by atoms with Crippen molar-refractivity contribution in [1.82, 2.24) is 0 Å². The number of nitrogens with zero attached hydrogens (tertiary/aromatic N) is 1. The molecule has 0 bridgehead atoms. The lowest BCUT2D eigenvalue weighted by Gasteiger charge is -2.19. The number of nitriles is 1. The van der Waals surface area contributed by atoms with Crippen molar-refractivity contribution in [2.24, 2.45) is 5.92 Å². The highest BCUT2D eigenvalue weighted by atomic mass is 16.4. The van der Waals surface area contributed by atoms with Crippen LogP contribution in [0.2, 0.25) is 0 Å². The van der Waals surface area contributed by atoms with Gasteiger partial charge in [0.2, 0.25) is 0 Å². The van der Waals surface area contributed by atoms with Gasteiger partial charge in [0.25, 0.3) is 0 Å². The van der Waals surface area contributed by atoms with Crippen molar-refractivity contribution in [1.29, 1.82) is 5.26 Å². The number of carboxylic acids is 1. The van der Waals surface area contributed by atoms with Crippen LogP contribution in [-0.4, -0.2) is 11.1 Å². The van der Waals surface area contributed by atoms with Gasteiger partial charge in [0.05, 0.1) is 6.07 Å². The monoisotopic (exact) mass is 231 g/mol. The highest BCUT2D eigenvalue weighted by molar-refractivity contribution is 5.73. The number of benzene rings is 1. The smallest absolute Gasteiger partial charge is 0.321 e. The van der Waals surface area contributed by atoms with Gasteiger partial charge in [-0.3, -0.25) is 4.79 Å². The molecule has 0 aliphatic rings. The lowest BCUT2D eigenvalue weighted by atomic mass is 9.86. The van der Waals surface area contributed by atoms with Crippen molar-refractivity contribution < 1.29 is 9.90 Å². The molecule has 1 unspecified atom stereocenters. The number of carboxylic acid groups (broad SMARTS) is 1. The van der Waals surface area contributed by atoms with Gasteiger partial charge < -0.3 is 5.11 Å². The van der Waals surface area contributed by atoms with Crippen molar-refractivity contribution in [2.75, 3.05) is 0 Å². The molecule has 0 spiro atoms. The van der Waals surface area contributed by atoms with Gasteiger partial charge in [-0.15, -0.1) is 0 Å². The second kappa shape index (κ2) is 5.01. The van der Waals surface area contributed by atoms with E-state index in [9.17, 15) is 4.79 Å². The summed E-state index contributed by atoms with van der Waals surface area (Å²) >= 11 is 0. The fourth-order valence-corrected chi connectivity index (χ4v) is 1.56. The Morgan fingerprint density at radius 1 is 1.35 bits per heavy atom. The lowest BCUT2D eigenvalue weighted by Crippen LogP contribution is -2.15. The van der Waals surface area contributed by atoms with E-state index in [1.807, 2.05) is 24.3 Å². The van der Waals surface area contributed by atoms with Crippen LogP contribution in [0.15, 0.2) is 24.3 Å². The molecule has 90 valence electrons. The Kier molecular flexibility index (Phi) is 3.90. The summed E-state index contributed by atoms with van der Waals surface area (Å²) in [5.41, 5.74) is 2.16. The van der Waals surface area contributed by atoms with E-state index in [-0.39, 0.29) is 11.8 Å². The molecule has 0 saturated heterocycles. The molecule has 1 aromatic rings. The maximum Gasteiger partial charge on any atom is 0.321 e. The number of aliphatic carboxylic acids is 1. The molecule has 1 N–H and O–H groups in total. The van der Waals surface area contributed by atoms with Gasteiger partial charge in [-0.25, -0.2) is 0 Å². The van der Waals surface area contributed by atoms with E-state index in [4.69, 9.17) is 10.4 Å². The van der Waals surface area contributed by atoms with Crippen molar-refractivity contribution in [3.05, 3.63) is 35.4 Å². The first kappa shape index (κ1) is 13.2. The molecule has 0 fully saturated rings. The van der Waals surface area contributed by atoms with Gasteiger partial charge in [-0.05, 0) is 23.0 Å². The van der Waals surface area contributed by atoms with Crippen LogP contribution in [0.1, 0.15) is 31.9 Å². The first-order valence-corrected chi connectivity index (χ1v) is 5.56. The molecule has 0 heterocycles. The largest absolute Gasteiger partial charge is 0.480 e. The standard InChI is InChI=1S/C14H17NO2/c1-14(2,3)12-6-4-10(5-7-12)8-11(9-15)13(16)17/h4-7,11H,8H2,1-3H3,(H,16,17). The van der Waals surface area contributed by atoms with E-state index in [1.54, 1.807) is 6.07 Å². The van der Waals surface area contributed by atoms with Gasteiger partial charge in [-0.1, -0.05) is 45.0 Å². The van der Waals surface area contributed by atoms with Crippen LogP contribution in [0, 0.1) is 17.2 Å². The van der Waals surface area contributed by atoms with E-state index in [1.165, 1.54) is 5.56 Å². The molecule has 0 aliphatic heterocycles. The number of hydrogen-bond acceptors (Lipinski definition) is 2. The van der Waals surface area contributed by atoms with Crippen LogP contribution in [0.3, 0.4) is 0 Å². The van der Waals surface area contributed by atoms with E-state index in [0.29, 0.717) is 0 Å². The molecule has 0 aliphatic carbocycles. The summed E-state index contributed by atoms with van der Waals surface area (Å²) in [4.78, 5) is 10.7. The Bertz CT molecular complexity index is 435. The second-order valence-electron chi connectivity index (χ2n) is 5.17. The first-order chi connectivity index (χ1) is 7.84. The maximum atomic E-state index is 10.7. The molecular weight excluding hydrogens is 214 g/mol. The van der Waals surface area contributed by atoms with Gasteiger partial charge in [-0.2, -0.15) is 5.26 Å². The lowest BCUT2D eigenvalue weighted by molar-refractivity contribution is -0.139. The average Bonchev–Trinajstić information content (AvgIpc) is 2.25. The second-order valence-corrected chi connectivity index (χ2v) is 5.17. The molecule has 17 heavy (non-hydrogen) atoms. The Morgan fingerprint density at radius 2 is 1.88 bits per heavy atom. The van der Waals surface area contributed by atoms with Crippen LogP contribution in [0.4, 0.5) is 0 Å². The van der Waals surface area contributed by atoms with E-state index >= 15 is 0 Å². The quantitative estimate of drug-likeness (QED) is 0.870. The topological polar surface area (TPSA) is 61.1 Å². The van der Waals surface area contributed by atoms with Crippen LogP contribution in [0.25, 0.3) is 0 Å². The van der Waals surface area contributed by atoms with E-state index in [0.717, 1.165) is 5.56 Å². The maximum absolute atomic E-state index is 10.7. The molecule has 1 rings (SSSR count). The molecule has 0 aromatic heterocycles. The zero-order valence-corrected chi connectivity index (χ0v) is 10.4. The van der Waals surface area contributed by atoms with E-state index in [2.05, 4.69) is 20.8 Å². The SMILES string of the molecule is CC(C)(C)c1ccc(CC(C#N)C(=O)O)cc1. The van der Waals surface area contributed by atoms with Crippen molar-refractivity contribution >= 4 is 5.97 Å². The first-order valence-electron chi connectivity index (χ1n) is 5.56. The summed E-state index contributed by atoms with van der Waals surface area (Å²) in [6.07, 6.45) is 0.260. The molecule has 3 nitrogen and oxygen atoms in total. The van der Waals surface area contributed by atoms with E-state index < -0.39 is 11.9 Å². The van der Waals surface area contributed by atoms with Crippen molar-refractivity contribution in [3.63, 3.8) is 0 Å². The fourth-order valence-electron chi connectivity index (χ4n) is 1.56. The highest BCUT2D eigenvalue weighted by Crippen LogP contribution is 2.22. The summed E-state index contributed by atoms with van der Waals surface area (Å²) in [6.45, 7) is 6.37. The minimum absolute atomic E-state index is 0.0833. The molecular formula is C14H17NO2. The van der Waals surface area contributed by atoms with Gasteiger partial charge in [0.15, 0.2) is 0 Å². The third kappa shape index (κ3) is 3.60. The molecule has 0 radical (unpaired) electrons. The fraction of sp³-hybridized carbons (Fsp3) is 0.429. The summed E-state index contributed by atoms with van der Waals surface area (Å²) in [5, 5.41) is 17.5. The Balaban J connectivity index is 2.83. The number of rotatable bonds is 3. The van der Waals surface area contributed by atoms with Crippen molar-refractivity contribution in [2.45, 2.75) is 32.6 Å². The summed E-state index contributed by atoms with van der Waals surface area (Å²) in [6, 6.07) is 9.57. The summed E-state index contributed by atoms with van der Waals surface area (Å²) in [7, 11) is 0. The predicted molar refractivity (Wildman–Crippen MR) is 65.6 cm³/mol. The zero-order valence-electron chi connectivity index (χ0n) is 10.4. The molecule has 0 saturated carbocycles. The Hall–Kier alpha value is -1.82. The van der Waals surface area contributed by atoms with Crippen LogP contribution in [-0.2, 0) is 16.6 Å². The van der Waals surface area contributed by atoms with Crippen LogP contribution in [0.5, 0.6) is 0 Å². The number of carbonyl (C=O) groups is 1. The zero-order chi connectivity index (χ0) is 13.1. The van der Waals surface area contributed by atoms with Gasteiger partial charge >= 0.3 is 5.97 Å². The third-order valence-electron chi connectivity index (χ3n) is 2.71. The van der Waals surface area contributed by atoms with Crippen LogP contribution >= 0.6 is 0 Å². The van der Waals surface area contributed by atoms with Gasteiger partial charge in [0.1, 0.15) is 5.92 Å². The average molecular weight is 231 g/mol. The molecule has 0 amide bonds. The third-order valence-corrected chi connectivity index (χ3v) is 2.71. The van der Waals surface area contributed by atoms with Crippen LogP contribution < -0.4 is 0 Å². The highest BCUT2D eigenvalue weighted by Gasteiger charge is 2.18. The predicted octanol–water partition coefficient (Wildman–Crippen LogP) is 2.75. The molecule has 1 aromatic carbocycles. The normalized spacial score (nSPS) is 12.8. The Labute approximate surface area is 102 Å². The minimum Gasteiger partial charge on any atom is -0.480 e. The summed E-state index contributed by atoms with van der Waals surface area (Å²) < 4.78 is 0. The molecule has 3 heteroatoms. The minimum atomic E-state index is -1.06. The number of hydrogen-bond donors (Lipinski definition) is 1.